The fourth-order valence-electron chi connectivity index (χ4n) is 5.20. The van der Waals surface area contributed by atoms with Gasteiger partial charge in [0.15, 0.2) is 0 Å². The van der Waals surface area contributed by atoms with Crippen molar-refractivity contribution in [1.29, 1.82) is 0 Å². The molecule has 0 aliphatic carbocycles. The fraction of sp³-hybridized carbons (Fsp3) is 0.179. The minimum atomic E-state index is 0. The maximum atomic E-state index is 3.38. The second kappa shape index (κ2) is 19.7. The normalized spacial score (nSPS) is 9.81. The predicted octanol–water partition coefficient (Wildman–Crippen LogP) is 12.2. The van der Waals surface area contributed by atoms with Gasteiger partial charge in [-0.2, -0.15) is 12.1 Å². The van der Waals surface area contributed by atoms with Gasteiger partial charge in [-0.05, 0) is 24.0 Å². The molecule has 0 aliphatic rings. The fourth-order valence-corrected chi connectivity index (χ4v) is 5.20. The molecule has 0 saturated heterocycles. The Morgan fingerprint density at radius 2 is 0.881 bits per heavy atom. The molecule has 0 fully saturated rings. The first-order valence-electron chi connectivity index (χ1n) is 14.2. The number of halogens is 2. The minimum Gasteiger partial charge on any atom is -0.372 e. The van der Waals surface area contributed by atoms with Crippen molar-refractivity contribution < 1.29 is 25.8 Å². The van der Waals surface area contributed by atoms with Gasteiger partial charge >= 0.3 is 25.8 Å². The van der Waals surface area contributed by atoms with Crippen molar-refractivity contribution in [3.63, 3.8) is 0 Å². The Hall–Kier alpha value is -2.45. The van der Waals surface area contributed by atoms with Crippen LogP contribution in [0, 0.1) is 13.8 Å². The van der Waals surface area contributed by atoms with E-state index in [1.54, 1.807) is 0 Å². The quantitative estimate of drug-likeness (QED) is 0.117. The van der Waals surface area contributed by atoms with Gasteiger partial charge in [0.05, 0.1) is 0 Å². The van der Waals surface area contributed by atoms with Gasteiger partial charge in [0, 0.05) is 0 Å². The second-order valence-corrected chi connectivity index (χ2v) is 9.93. The first kappa shape index (κ1) is 37.6. The molecule has 0 aliphatic heterocycles. The molecular formula is C39H42Cl2Hf. The van der Waals surface area contributed by atoms with Crippen molar-refractivity contribution in [3.8, 4) is 22.3 Å². The van der Waals surface area contributed by atoms with Crippen molar-refractivity contribution >= 4 is 46.4 Å². The van der Waals surface area contributed by atoms with Gasteiger partial charge in [0.1, 0.15) is 0 Å². The van der Waals surface area contributed by atoms with Gasteiger partial charge in [-0.15, -0.1) is 93.9 Å². The summed E-state index contributed by atoms with van der Waals surface area (Å²) >= 11 is 0. The van der Waals surface area contributed by atoms with E-state index >= 15 is 0 Å². The van der Waals surface area contributed by atoms with E-state index in [0.717, 1.165) is 6.42 Å². The maximum absolute atomic E-state index is 3.38. The van der Waals surface area contributed by atoms with Crippen molar-refractivity contribution in [2.24, 2.45) is 0 Å². The van der Waals surface area contributed by atoms with Gasteiger partial charge in [-0.1, -0.05) is 111 Å². The third-order valence-corrected chi connectivity index (χ3v) is 6.87. The van der Waals surface area contributed by atoms with E-state index in [4.69, 9.17) is 0 Å². The molecule has 3 heteroatoms. The Bertz CT molecular complexity index is 1440. The molecule has 0 unspecified atom stereocenters. The number of fused-ring (bicyclic) bond motifs is 2. The van der Waals surface area contributed by atoms with Crippen LogP contribution >= 0.6 is 24.8 Å². The van der Waals surface area contributed by atoms with Crippen LogP contribution in [0.2, 0.25) is 0 Å². The van der Waals surface area contributed by atoms with E-state index in [1.807, 2.05) is 0 Å². The molecule has 6 aromatic rings. The summed E-state index contributed by atoms with van der Waals surface area (Å²) < 4.78 is 0. The number of benzene rings is 4. The van der Waals surface area contributed by atoms with E-state index in [-0.39, 0.29) is 50.7 Å². The molecule has 42 heavy (non-hydrogen) atoms. The monoisotopic (exact) mass is 760 g/mol. The van der Waals surface area contributed by atoms with Crippen molar-refractivity contribution in [2.75, 3.05) is 0 Å². The van der Waals surface area contributed by atoms with Crippen LogP contribution in [0.25, 0.3) is 43.8 Å². The topological polar surface area (TPSA) is 0 Å². The average molecular weight is 760 g/mol. The maximum Gasteiger partial charge on any atom is 4.00 e. The predicted molar refractivity (Wildman–Crippen MR) is 188 cm³/mol. The van der Waals surface area contributed by atoms with Crippen LogP contribution in [0.4, 0.5) is 0 Å². The summed E-state index contributed by atoms with van der Waals surface area (Å²) in [6.45, 7) is 11.2. The third kappa shape index (κ3) is 9.80. The van der Waals surface area contributed by atoms with Gasteiger partial charge in [-0.3, -0.25) is 0 Å². The van der Waals surface area contributed by atoms with E-state index in [1.165, 1.54) is 80.6 Å². The number of hydrogen-bond donors (Lipinski definition) is 0. The summed E-state index contributed by atoms with van der Waals surface area (Å²) in [5, 5.41) is 5.49. The summed E-state index contributed by atoms with van der Waals surface area (Å²) in [7, 11) is 0. The molecule has 0 aromatic heterocycles. The molecule has 0 heterocycles. The average Bonchev–Trinajstić information content (AvgIpc) is 3.58. The van der Waals surface area contributed by atoms with Gasteiger partial charge in [0.2, 0.25) is 0 Å². The van der Waals surface area contributed by atoms with Crippen LogP contribution in [0.3, 0.4) is 0 Å². The summed E-state index contributed by atoms with van der Waals surface area (Å²) in [6.07, 6.45) is 5.50. The molecule has 0 bridgehead atoms. The molecule has 6 rings (SSSR count). The molecule has 0 saturated carbocycles. The molecule has 0 spiro atoms. The van der Waals surface area contributed by atoms with Gasteiger partial charge < -0.3 is 20.3 Å². The molecule has 0 atom stereocenters. The minimum absolute atomic E-state index is 0. The van der Waals surface area contributed by atoms with Crippen LogP contribution < -0.4 is 0 Å². The number of aryl methyl sites for hydroxylation is 2. The molecule has 6 aromatic carbocycles. The molecule has 0 radical (unpaired) electrons. The molecule has 0 N–H and O–H groups in total. The van der Waals surface area contributed by atoms with Gasteiger partial charge in [-0.25, -0.2) is 0 Å². The summed E-state index contributed by atoms with van der Waals surface area (Å²) in [6, 6.07) is 43.8. The Balaban J connectivity index is 0.000000361. The summed E-state index contributed by atoms with van der Waals surface area (Å²) in [4.78, 5) is 0. The molecular weight excluding hydrogens is 718 g/mol. The van der Waals surface area contributed by atoms with Crippen LogP contribution in [-0.4, -0.2) is 0 Å². The van der Waals surface area contributed by atoms with Crippen LogP contribution in [0.1, 0.15) is 44.2 Å². The Morgan fingerprint density at radius 1 is 0.524 bits per heavy atom. The molecule has 216 valence electrons. The van der Waals surface area contributed by atoms with Crippen LogP contribution in [0.5, 0.6) is 0 Å². The van der Waals surface area contributed by atoms with Crippen molar-refractivity contribution in [1.82, 2.24) is 0 Å². The Labute approximate surface area is 284 Å². The molecule has 0 amide bonds. The Kier molecular flexibility index (Phi) is 17.6. The standard InChI is InChI=1S/2C18H17.C3H6.2ClH.Hf/c2*1-2-7-14-12-16-10-6-11-17(18(16)13-14)15-8-4-3-5-9-15;1-3-2;;;/h2*3-6,8-13H,2,7H2,1H3;1-3H2;2*1H;/q2*-1;-2;;;+4. The largest absolute Gasteiger partial charge is 4.00 e. The molecule has 0 nitrogen and oxygen atoms in total. The SMILES string of the molecule is CCCc1cc2c(-c3ccccc3)cccc2[cH-]1.CCCc1cc2c(-c3ccccc3)cccc2[cH-]1.Cl.Cl.[CH2-]C[CH2-].[Hf+4]. The second-order valence-electron chi connectivity index (χ2n) is 9.93. The zero-order valence-electron chi connectivity index (χ0n) is 24.8. The van der Waals surface area contributed by atoms with Crippen molar-refractivity contribution in [3.05, 3.63) is 146 Å². The van der Waals surface area contributed by atoms with E-state index in [9.17, 15) is 0 Å². The van der Waals surface area contributed by atoms with E-state index in [0.29, 0.717) is 0 Å². The number of rotatable bonds is 6. The van der Waals surface area contributed by atoms with Crippen molar-refractivity contribution in [2.45, 2.75) is 46.0 Å². The summed E-state index contributed by atoms with van der Waals surface area (Å²) in [5.74, 6) is 0. The Morgan fingerprint density at radius 3 is 1.21 bits per heavy atom. The zero-order valence-corrected chi connectivity index (χ0v) is 30.0. The zero-order chi connectivity index (χ0) is 27.5. The van der Waals surface area contributed by atoms with Gasteiger partial charge in [0.25, 0.3) is 0 Å². The third-order valence-electron chi connectivity index (χ3n) is 6.87. The van der Waals surface area contributed by atoms with Crippen LogP contribution in [0.15, 0.2) is 121 Å². The number of hydrogen-bond acceptors (Lipinski definition) is 0. The van der Waals surface area contributed by atoms with E-state index in [2.05, 4.69) is 149 Å². The summed E-state index contributed by atoms with van der Waals surface area (Å²) in [5.41, 5.74) is 8.20. The van der Waals surface area contributed by atoms with Crippen LogP contribution in [-0.2, 0) is 38.7 Å². The van der Waals surface area contributed by atoms with E-state index < -0.39 is 0 Å². The smallest absolute Gasteiger partial charge is 0.372 e. The first-order valence-corrected chi connectivity index (χ1v) is 14.2. The first-order chi connectivity index (χ1) is 19.2.